The molecule has 3 aromatic rings. The van der Waals surface area contributed by atoms with Crippen molar-refractivity contribution in [3.05, 3.63) is 67.5 Å². The first-order chi connectivity index (χ1) is 11.1. The zero-order chi connectivity index (χ0) is 16.1. The van der Waals surface area contributed by atoms with Gasteiger partial charge in [-0.25, -0.2) is 0 Å². The molecular formula is C15H12N4O4. The normalized spacial score (nSPS) is 14.3. The van der Waals surface area contributed by atoms with Gasteiger partial charge < -0.3 is 9.55 Å². The molecule has 0 atom stereocenters. The highest BCUT2D eigenvalue weighted by Gasteiger charge is 2.28. The van der Waals surface area contributed by atoms with E-state index in [1.54, 1.807) is 35.2 Å². The highest BCUT2D eigenvalue weighted by atomic mass is 16.6. The fourth-order valence-corrected chi connectivity index (χ4v) is 2.80. The lowest BCUT2D eigenvalue weighted by molar-refractivity contribution is -0.384. The zero-order valence-electron chi connectivity index (χ0n) is 11.9. The third-order valence-corrected chi connectivity index (χ3v) is 4.00. The van der Waals surface area contributed by atoms with Crippen LogP contribution in [0.4, 0.5) is 5.69 Å². The Morgan fingerprint density at radius 2 is 1.87 bits per heavy atom. The van der Waals surface area contributed by atoms with E-state index in [0.717, 1.165) is 12.8 Å². The average molecular weight is 312 g/mol. The molecule has 0 saturated heterocycles. The van der Waals surface area contributed by atoms with Crippen molar-refractivity contribution >= 4 is 16.7 Å². The lowest BCUT2D eigenvalue weighted by Gasteiger charge is -2.11. The van der Waals surface area contributed by atoms with E-state index in [9.17, 15) is 19.7 Å². The molecule has 0 unspecified atom stereocenters. The number of hydrogen-bond donors (Lipinski definition) is 1. The number of nitro groups is 1. The molecule has 8 heteroatoms. The number of hydrogen-bond acceptors (Lipinski definition) is 4. The molecule has 1 saturated carbocycles. The number of aromatic amines is 1. The van der Waals surface area contributed by atoms with Gasteiger partial charge in [-0.15, -0.1) is 0 Å². The van der Waals surface area contributed by atoms with Gasteiger partial charge in [-0.05, 0) is 31.0 Å². The van der Waals surface area contributed by atoms with Gasteiger partial charge in [0.05, 0.1) is 16.0 Å². The summed E-state index contributed by atoms with van der Waals surface area (Å²) >= 11 is 0. The molecule has 2 heterocycles. The SMILES string of the molecule is O=c1[nH]c2cc([N+](=O)[O-])c(-n3cccc3)cc2n(C2CC2)c1=O. The Hall–Kier alpha value is -3.16. The van der Waals surface area contributed by atoms with Crippen molar-refractivity contribution < 1.29 is 4.92 Å². The van der Waals surface area contributed by atoms with Gasteiger partial charge in [0.15, 0.2) is 0 Å². The molecule has 1 aromatic carbocycles. The number of nitrogens with zero attached hydrogens (tertiary/aromatic N) is 3. The molecule has 0 amide bonds. The Labute approximate surface area is 128 Å². The summed E-state index contributed by atoms with van der Waals surface area (Å²) in [5.41, 5.74) is -0.353. The minimum absolute atomic E-state index is 0.00808. The topological polar surface area (TPSA) is 103 Å². The molecule has 1 N–H and O–H groups in total. The van der Waals surface area contributed by atoms with E-state index in [2.05, 4.69) is 4.98 Å². The van der Waals surface area contributed by atoms with Gasteiger partial charge in [0, 0.05) is 24.5 Å². The van der Waals surface area contributed by atoms with Crippen LogP contribution < -0.4 is 11.1 Å². The lowest BCUT2D eigenvalue weighted by Crippen LogP contribution is -2.36. The first-order valence-electron chi connectivity index (χ1n) is 7.16. The van der Waals surface area contributed by atoms with Gasteiger partial charge in [-0.2, -0.15) is 0 Å². The van der Waals surface area contributed by atoms with E-state index in [4.69, 9.17) is 0 Å². The minimum atomic E-state index is -0.757. The Kier molecular flexibility index (Phi) is 2.74. The zero-order valence-corrected chi connectivity index (χ0v) is 11.9. The van der Waals surface area contributed by atoms with Crippen LogP contribution in [0.15, 0.2) is 46.2 Å². The monoisotopic (exact) mass is 312 g/mol. The Balaban J connectivity index is 2.13. The van der Waals surface area contributed by atoms with Crippen LogP contribution in [-0.4, -0.2) is 19.0 Å². The fraction of sp³-hybridized carbons (Fsp3) is 0.200. The number of fused-ring (bicyclic) bond motifs is 1. The number of aromatic nitrogens is 3. The van der Waals surface area contributed by atoms with Crippen LogP contribution in [0.2, 0.25) is 0 Å². The standard InChI is InChI=1S/C15H12N4O4/c20-14-15(21)18(9-3-4-9)11-8-12(17-5-1-2-6-17)13(19(22)23)7-10(11)16-14/h1-2,5-9H,3-4H2,(H,16,20). The number of benzene rings is 1. The highest BCUT2D eigenvalue weighted by Crippen LogP contribution is 2.36. The second-order valence-corrected chi connectivity index (χ2v) is 5.57. The fourth-order valence-electron chi connectivity index (χ4n) is 2.80. The molecule has 8 nitrogen and oxygen atoms in total. The molecule has 0 radical (unpaired) electrons. The van der Waals surface area contributed by atoms with E-state index < -0.39 is 16.0 Å². The largest absolute Gasteiger partial charge is 0.318 e. The first kappa shape index (κ1) is 13.5. The average Bonchev–Trinajstić information content (AvgIpc) is 3.20. The van der Waals surface area contributed by atoms with Crippen LogP contribution in [0.3, 0.4) is 0 Å². The van der Waals surface area contributed by atoms with Crippen LogP contribution in [-0.2, 0) is 0 Å². The quantitative estimate of drug-likeness (QED) is 0.452. The van der Waals surface area contributed by atoms with Crippen molar-refractivity contribution in [2.45, 2.75) is 18.9 Å². The summed E-state index contributed by atoms with van der Waals surface area (Å²) in [6.07, 6.45) is 5.04. The van der Waals surface area contributed by atoms with Gasteiger partial charge in [0.1, 0.15) is 5.69 Å². The Bertz CT molecular complexity index is 1040. The van der Waals surface area contributed by atoms with Gasteiger partial charge in [0.2, 0.25) is 0 Å². The number of H-pyrrole nitrogens is 1. The second-order valence-electron chi connectivity index (χ2n) is 5.57. The Morgan fingerprint density at radius 3 is 2.48 bits per heavy atom. The molecule has 1 aliphatic rings. The van der Waals surface area contributed by atoms with E-state index in [0.29, 0.717) is 16.7 Å². The maximum absolute atomic E-state index is 12.2. The van der Waals surface area contributed by atoms with Crippen molar-refractivity contribution in [1.82, 2.24) is 14.1 Å². The minimum Gasteiger partial charge on any atom is -0.318 e. The highest BCUT2D eigenvalue weighted by molar-refractivity contribution is 5.82. The summed E-state index contributed by atoms with van der Waals surface area (Å²) in [7, 11) is 0. The molecule has 0 bridgehead atoms. The molecule has 1 fully saturated rings. The van der Waals surface area contributed by atoms with Crippen molar-refractivity contribution in [3.63, 3.8) is 0 Å². The summed E-state index contributed by atoms with van der Waals surface area (Å²) < 4.78 is 3.06. The number of nitro benzene ring substituents is 1. The van der Waals surface area contributed by atoms with Crippen molar-refractivity contribution in [3.8, 4) is 5.69 Å². The summed E-state index contributed by atoms with van der Waals surface area (Å²) in [5.74, 6) is 0. The van der Waals surface area contributed by atoms with Gasteiger partial charge >= 0.3 is 11.1 Å². The van der Waals surface area contributed by atoms with E-state index in [1.165, 1.54) is 10.6 Å². The Morgan fingerprint density at radius 1 is 1.17 bits per heavy atom. The maximum Gasteiger partial charge on any atom is 0.316 e. The van der Waals surface area contributed by atoms with Crippen LogP contribution in [0.5, 0.6) is 0 Å². The van der Waals surface area contributed by atoms with Crippen LogP contribution >= 0.6 is 0 Å². The van der Waals surface area contributed by atoms with Crippen LogP contribution in [0.25, 0.3) is 16.7 Å². The third-order valence-electron chi connectivity index (χ3n) is 4.00. The summed E-state index contributed by atoms with van der Waals surface area (Å²) in [4.78, 5) is 37.3. The predicted molar refractivity (Wildman–Crippen MR) is 83.1 cm³/mol. The van der Waals surface area contributed by atoms with E-state index in [1.807, 2.05) is 0 Å². The van der Waals surface area contributed by atoms with Gasteiger partial charge in [-0.1, -0.05) is 0 Å². The molecule has 23 heavy (non-hydrogen) atoms. The van der Waals surface area contributed by atoms with Gasteiger partial charge in [0.25, 0.3) is 5.69 Å². The molecule has 0 aliphatic heterocycles. The summed E-state index contributed by atoms with van der Waals surface area (Å²) in [6.45, 7) is 0. The van der Waals surface area contributed by atoms with Crippen molar-refractivity contribution in [1.29, 1.82) is 0 Å². The molecule has 2 aromatic heterocycles. The van der Waals surface area contributed by atoms with Crippen molar-refractivity contribution in [2.24, 2.45) is 0 Å². The maximum atomic E-state index is 12.2. The summed E-state index contributed by atoms with van der Waals surface area (Å²) in [6, 6.07) is 6.41. The third kappa shape index (κ3) is 2.07. The van der Waals surface area contributed by atoms with Crippen LogP contribution in [0.1, 0.15) is 18.9 Å². The first-order valence-corrected chi connectivity index (χ1v) is 7.16. The summed E-state index contributed by atoms with van der Waals surface area (Å²) in [5, 5.41) is 11.4. The van der Waals surface area contributed by atoms with E-state index in [-0.39, 0.29) is 11.7 Å². The number of rotatable bonds is 3. The lowest BCUT2D eigenvalue weighted by atomic mass is 10.2. The van der Waals surface area contributed by atoms with Gasteiger partial charge in [-0.3, -0.25) is 24.3 Å². The molecular weight excluding hydrogens is 300 g/mol. The second kappa shape index (κ2) is 4.67. The molecule has 116 valence electrons. The molecule has 4 rings (SSSR count). The van der Waals surface area contributed by atoms with E-state index >= 15 is 0 Å². The smallest absolute Gasteiger partial charge is 0.316 e. The van der Waals surface area contributed by atoms with Crippen molar-refractivity contribution in [2.75, 3.05) is 0 Å². The van der Waals surface area contributed by atoms with Crippen LogP contribution in [0, 0.1) is 10.1 Å². The molecule has 1 aliphatic carbocycles. The predicted octanol–water partition coefficient (Wildman–Crippen LogP) is 1.72. The molecule has 0 spiro atoms. The number of nitrogens with one attached hydrogen (secondary N) is 1.